The second-order valence-electron chi connectivity index (χ2n) is 6.91. The standard InChI is InChI=1S/C17H26FNO/c1-17(2,3)12-5-7-13(8-6-12)19-14-9-10-16(20-4)15(18)11-14/h9-13,19H,5-8H2,1-4H3. The van der Waals surface area contributed by atoms with Crippen LogP contribution in [0.2, 0.25) is 0 Å². The molecule has 1 saturated carbocycles. The molecule has 20 heavy (non-hydrogen) atoms. The summed E-state index contributed by atoms with van der Waals surface area (Å²) in [5, 5.41) is 3.45. The van der Waals surface area contributed by atoms with E-state index in [-0.39, 0.29) is 5.82 Å². The molecular weight excluding hydrogens is 253 g/mol. The van der Waals surface area contributed by atoms with Crippen LogP contribution in [0.3, 0.4) is 0 Å². The highest BCUT2D eigenvalue weighted by Crippen LogP contribution is 2.38. The molecular formula is C17H26FNO. The van der Waals surface area contributed by atoms with Gasteiger partial charge in [-0.1, -0.05) is 20.8 Å². The maximum absolute atomic E-state index is 13.7. The lowest BCUT2D eigenvalue weighted by Crippen LogP contribution is -2.31. The summed E-state index contributed by atoms with van der Waals surface area (Å²) in [4.78, 5) is 0. The average molecular weight is 279 g/mol. The first-order valence-electron chi connectivity index (χ1n) is 7.50. The van der Waals surface area contributed by atoms with Crippen molar-refractivity contribution >= 4 is 5.69 Å². The summed E-state index contributed by atoms with van der Waals surface area (Å²) in [6.07, 6.45) is 4.82. The van der Waals surface area contributed by atoms with E-state index in [1.165, 1.54) is 26.0 Å². The van der Waals surface area contributed by atoms with E-state index < -0.39 is 0 Å². The number of hydrogen-bond donors (Lipinski definition) is 1. The smallest absolute Gasteiger partial charge is 0.167 e. The molecule has 1 aliphatic rings. The summed E-state index contributed by atoms with van der Waals surface area (Å²) in [7, 11) is 1.49. The van der Waals surface area contributed by atoms with Gasteiger partial charge >= 0.3 is 0 Å². The molecule has 2 nitrogen and oxygen atoms in total. The van der Waals surface area contributed by atoms with Gasteiger partial charge in [-0.15, -0.1) is 0 Å². The SMILES string of the molecule is COc1ccc(NC2CCC(C(C)(C)C)CC2)cc1F. The van der Waals surface area contributed by atoms with E-state index in [9.17, 15) is 4.39 Å². The molecule has 0 spiro atoms. The third-order valence-corrected chi connectivity index (χ3v) is 4.47. The predicted octanol–water partition coefficient (Wildman–Crippen LogP) is 4.85. The number of anilines is 1. The van der Waals surface area contributed by atoms with Crippen molar-refractivity contribution < 1.29 is 9.13 Å². The van der Waals surface area contributed by atoms with Crippen molar-refractivity contribution in [2.24, 2.45) is 11.3 Å². The van der Waals surface area contributed by atoms with Gasteiger partial charge < -0.3 is 10.1 Å². The van der Waals surface area contributed by atoms with Crippen LogP contribution in [0, 0.1) is 17.2 Å². The first-order chi connectivity index (χ1) is 9.40. The number of hydrogen-bond acceptors (Lipinski definition) is 2. The summed E-state index contributed by atoms with van der Waals surface area (Å²) in [6, 6.07) is 5.55. The van der Waals surface area contributed by atoms with E-state index in [2.05, 4.69) is 26.1 Å². The normalized spacial score (nSPS) is 23.4. The van der Waals surface area contributed by atoms with Crippen molar-refractivity contribution in [2.45, 2.75) is 52.5 Å². The molecule has 1 aromatic carbocycles. The van der Waals surface area contributed by atoms with Crippen molar-refractivity contribution in [1.82, 2.24) is 0 Å². The zero-order valence-corrected chi connectivity index (χ0v) is 13.0. The first-order valence-corrected chi connectivity index (χ1v) is 7.50. The fourth-order valence-corrected chi connectivity index (χ4v) is 3.10. The number of benzene rings is 1. The summed E-state index contributed by atoms with van der Waals surface area (Å²) in [5.41, 5.74) is 1.25. The minimum absolute atomic E-state index is 0.298. The van der Waals surface area contributed by atoms with Gasteiger partial charge in [0.1, 0.15) is 0 Å². The zero-order chi connectivity index (χ0) is 14.8. The van der Waals surface area contributed by atoms with Crippen molar-refractivity contribution in [1.29, 1.82) is 0 Å². The lowest BCUT2D eigenvalue weighted by Gasteiger charge is -2.37. The number of rotatable bonds is 3. The van der Waals surface area contributed by atoms with Crippen molar-refractivity contribution in [2.75, 3.05) is 12.4 Å². The molecule has 0 heterocycles. The van der Waals surface area contributed by atoms with E-state index in [0.29, 0.717) is 17.2 Å². The van der Waals surface area contributed by atoms with Crippen LogP contribution < -0.4 is 10.1 Å². The van der Waals surface area contributed by atoms with Crippen LogP contribution in [0.5, 0.6) is 5.75 Å². The monoisotopic (exact) mass is 279 g/mol. The molecule has 0 aromatic heterocycles. The lowest BCUT2D eigenvalue weighted by molar-refractivity contribution is 0.173. The number of ether oxygens (including phenoxy) is 1. The minimum atomic E-state index is -0.305. The maximum Gasteiger partial charge on any atom is 0.167 e. The van der Waals surface area contributed by atoms with Crippen LogP contribution in [0.25, 0.3) is 0 Å². The van der Waals surface area contributed by atoms with Gasteiger partial charge in [0, 0.05) is 17.8 Å². The fourth-order valence-electron chi connectivity index (χ4n) is 3.10. The number of nitrogens with one attached hydrogen (secondary N) is 1. The third kappa shape index (κ3) is 3.65. The van der Waals surface area contributed by atoms with Gasteiger partial charge in [-0.05, 0) is 49.1 Å². The Morgan fingerprint density at radius 3 is 2.30 bits per heavy atom. The van der Waals surface area contributed by atoms with Crippen LogP contribution in [0.15, 0.2) is 18.2 Å². The first kappa shape index (κ1) is 15.1. The molecule has 0 saturated heterocycles. The molecule has 112 valence electrons. The molecule has 0 unspecified atom stereocenters. The Morgan fingerprint density at radius 2 is 1.80 bits per heavy atom. The molecule has 0 radical (unpaired) electrons. The Morgan fingerprint density at radius 1 is 1.15 bits per heavy atom. The highest BCUT2D eigenvalue weighted by Gasteiger charge is 2.29. The van der Waals surface area contributed by atoms with Crippen LogP contribution in [-0.2, 0) is 0 Å². The van der Waals surface area contributed by atoms with E-state index in [1.54, 1.807) is 6.07 Å². The van der Waals surface area contributed by atoms with E-state index >= 15 is 0 Å². The number of methoxy groups -OCH3 is 1. The molecule has 0 amide bonds. The van der Waals surface area contributed by atoms with Crippen molar-refractivity contribution in [3.8, 4) is 5.75 Å². The molecule has 1 fully saturated rings. The van der Waals surface area contributed by atoms with E-state index in [1.807, 2.05) is 6.07 Å². The summed E-state index contributed by atoms with van der Waals surface area (Å²) < 4.78 is 18.6. The molecule has 1 N–H and O–H groups in total. The molecule has 1 aromatic rings. The zero-order valence-electron chi connectivity index (χ0n) is 13.0. The highest BCUT2D eigenvalue weighted by atomic mass is 19.1. The van der Waals surface area contributed by atoms with Gasteiger partial charge in [0.2, 0.25) is 0 Å². The van der Waals surface area contributed by atoms with Gasteiger partial charge in [-0.2, -0.15) is 0 Å². The lowest BCUT2D eigenvalue weighted by atomic mass is 9.71. The number of halogens is 1. The minimum Gasteiger partial charge on any atom is -0.494 e. The average Bonchev–Trinajstić information content (AvgIpc) is 2.38. The van der Waals surface area contributed by atoms with E-state index in [0.717, 1.165) is 24.4 Å². The van der Waals surface area contributed by atoms with Gasteiger partial charge in [0.05, 0.1) is 7.11 Å². The van der Waals surface area contributed by atoms with Crippen molar-refractivity contribution in [3.05, 3.63) is 24.0 Å². The predicted molar refractivity (Wildman–Crippen MR) is 81.8 cm³/mol. The highest BCUT2D eigenvalue weighted by molar-refractivity contribution is 5.48. The summed E-state index contributed by atoms with van der Waals surface area (Å²) >= 11 is 0. The molecule has 0 bridgehead atoms. The maximum atomic E-state index is 13.7. The Kier molecular flexibility index (Phi) is 4.56. The quantitative estimate of drug-likeness (QED) is 0.854. The molecule has 0 aliphatic heterocycles. The van der Waals surface area contributed by atoms with Gasteiger partial charge in [0.25, 0.3) is 0 Å². The molecule has 3 heteroatoms. The van der Waals surface area contributed by atoms with E-state index in [4.69, 9.17) is 4.74 Å². The fraction of sp³-hybridized carbons (Fsp3) is 0.647. The molecule has 0 atom stereocenters. The second-order valence-corrected chi connectivity index (χ2v) is 6.91. The van der Waals surface area contributed by atoms with Crippen LogP contribution in [0.1, 0.15) is 46.5 Å². The van der Waals surface area contributed by atoms with Crippen LogP contribution in [0.4, 0.5) is 10.1 Å². The third-order valence-electron chi connectivity index (χ3n) is 4.47. The van der Waals surface area contributed by atoms with Gasteiger partial charge in [-0.25, -0.2) is 4.39 Å². The van der Waals surface area contributed by atoms with Gasteiger partial charge in [-0.3, -0.25) is 0 Å². The Hall–Kier alpha value is -1.25. The second kappa shape index (κ2) is 6.02. The molecule has 1 aliphatic carbocycles. The Balaban J connectivity index is 1.91. The van der Waals surface area contributed by atoms with Gasteiger partial charge in [0.15, 0.2) is 11.6 Å². The molecule has 2 rings (SSSR count). The Bertz CT molecular complexity index is 445. The van der Waals surface area contributed by atoms with Crippen LogP contribution in [-0.4, -0.2) is 13.2 Å². The van der Waals surface area contributed by atoms with Crippen LogP contribution >= 0.6 is 0 Å². The summed E-state index contributed by atoms with van der Waals surface area (Å²) in [5.74, 6) is 0.793. The largest absolute Gasteiger partial charge is 0.494 e. The summed E-state index contributed by atoms with van der Waals surface area (Å²) in [6.45, 7) is 6.97. The van der Waals surface area contributed by atoms with Crippen molar-refractivity contribution in [3.63, 3.8) is 0 Å². The Labute approximate surface area is 121 Å². The topological polar surface area (TPSA) is 21.3 Å².